The van der Waals surface area contributed by atoms with Crippen molar-refractivity contribution in [3.8, 4) is 0 Å². The topological polar surface area (TPSA) is 206 Å². The zero-order valence-electron chi connectivity index (χ0n) is 20.4. The van der Waals surface area contributed by atoms with Crippen LogP contribution in [0, 0.1) is 16.7 Å². The van der Waals surface area contributed by atoms with Crippen molar-refractivity contribution in [1.29, 1.82) is 0 Å². The molecule has 0 heterocycles. The Morgan fingerprint density at radius 3 is 2.39 bits per heavy atom. The molecular formula is C23H34N6O6S. The predicted octanol–water partition coefficient (Wildman–Crippen LogP) is -1.00. The van der Waals surface area contributed by atoms with Crippen LogP contribution in [0.25, 0.3) is 0 Å². The fourth-order valence-electron chi connectivity index (χ4n) is 5.26. The van der Waals surface area contributed by atoms with Crippen LogP contribution >= 0.6 is 0 Å². The maximum absolute atomic E-state index is 12.9. The maximum atomic E-state index is 12.9. The van der Waals surface area contributed by atoms with Crippen molar-refractivity contribution < 1.29 is 27.9 Å². The third kappa shape index (κ3) is 5.85. The minimum atomic E-state index is -4.08. The molecule has 0 radical (unpaired) electrons. The fraction of sp³-hybridized carbons (Fsp3) is 0.565. The van der Waals surface area contributed by atoms with E-state index in [1.54, 1.807) is 24.3 Å². The van der Waals surface area contributed by atoms with Crippen LogP contribution in [0.5, 0.6) is 0 Å². The number of hydrogen-bond acceptors (Lipinski definition) is 7. The Hall–Kier alpha value is -3.03. The molecule has 12 nitrogen and oxygen atoms in total. The third-order valence-electron chi connectivity index (χ3n) is 7.50. The summed E-state index contributed by atoms with van der Waals surface area (Å²) < 4.78 is 28.0. The van der Waals surface area contributed by atoms with Gasteiger partial charge >= 0.3 is 0 Å². The van der Waals surface area contributed by atoms with Crippen molar-refractivity contribution >= 4 is 39.3 Å². The van der Waals surface area contributed by atoms with Crippen LogP contribution < -0.4 is 26.8 Å². The van der Waals surface area contributed by atoms with Crippen molar-refractivity contribution in [1.82, 2.24) is 15.4 Å². The number of Topliss-reactive ketones (excluding diaryl/α,β-unsaturated/α-hetero) is 1. The summed E-state index contributed by atoms with van der Waals surface area (Å²) in [5.41, 5.74) is 10.5. The zero-order chi connectivity index (χ0) is 26.7. The van der Waals surface area contributed by atoms with Gasteiger partial charge in [0.25, 0.3) is 0 Å². The third-order valence-corrected chi connectivity index (χ3v) is 9.02. The van der Waals surface area contributed by atoms with Crippen LogP contribution in [-0.4, -0.2) is 62.0 Å². The number of sulfonamides is 1. The van der Waals surface area contributed by atoms with Gasteiger partial charge in [0.1, 0.15) is 11.8 Å². The van der Waals surface area contributed by atoms with Gasteiger partial charge in [-0.3, -0.25) is 14.4 Å². The van der Waals surface area contributed by atoms with Gasteiger partial charge in [0.2, 0.25) is 21.8 Å². The molecular weight excluding hydrogens is 488 g/mol. The predicted molar refractivity (Wildman–Crippen MR) is 133 cm³/mol. The molecule has 1 aromatic carbocycles. The Kier molecular flexibility index (Phi) is 8.06. The first-order valence-corrected chi connectivity index (χ1v) is 13.3. The molecule has 3 atom stereocenters. The number of benzene rings is 1. The van der Waals surface area contributed by atoms with E-state index in [2.05, 4.69) is 20.3 Å². The number of aliphatic hydroxyl groups excluding tert-OH is 1. The number of carbonyl (C=O) groups is 3. The summed E-state index contributed by atoms with van der Waals surface area (Å²) >= 11 is 0. The maximum Gasteiger partial charge on any atom is 0.240 e. The monoisotopic (exact) mass is 522 g/mol. The lowest BCUT2D eigenvalue weighted by Gasteiger charge is -2.36. The molecule has 13 heteroatoms. The molecule has 0 saturated heterocycles. The highest BCUT2D eigenvalue weighted by Gasteiger charge is 2.65. The quantitative estimate of drug-likeness (QED) is 0.157. The Morgan fingerprint density at radius 1 is 1.19 bits per heavy atom. The summed E-state index contributed by atoms with van der Waals surface area (Å²) in [4.78, 5) is 41.2. The number of aliphatic hydroxyl groups is 1. The number of rotatable bonds is 11. The fourth-order valence-corrected chi connectivity index (χ4v) is 7.28. The molecule has 0 spiro atoms. The number of amides is 2. The lowest BCUT2D eigenvalue weighted by molar-refractivity contribution is -0.128. The minimum absolute atomic E-state index is 0.0679. The zero-order valence-corrected chi connectivity index (χ0v) is 21.2. The molecule has 2 saturated carbocycles. The van der Waals surface area contributed by atoms with Crippen LogP contribution in [0.2, 0.25) is 0 Å². The second-order valence-corrected chi connectivity index (χ2v) is 11.7. The van der Waals surface area contributed by atoms with Crippen LogP contribution in [-0.2, 0) is 31.0 Å². The van der Waals surface area contributed by atoms with Gasteiger partial charge in [0.15, 0.2) is 5.96 Å². The largest absolute Gasteiger partial charge is 0.394 e. The minimum Gasteiger partial charge on any atom is -0.394 e. The van der Waals surface area contributed by atoms with Crippen molar-refractivity contribution in [2.75, 3.05) is 18.9 Å². The number of nitrogens with zero attached hydrogens (tertiary/aromatic N) is 1. The normalized spacial score (nSPS) is 23.2. The highest BCUT2D eigenvalue weighted by molar-refractivity contribution is 7.89. The first kappa shape index (κ1) is 27.6. The molecule has 0 aromatic heterocycles. The van der Waals surface area contributed by atoms with E-state index < -0.39 is 57.6 Å². The van der Waals surface area contributed by atoms with E-state index in [-0.39, 0.29) is 24.2 Å². The molecule has 3 unspecified atom stereocenters. The second kappa shape index (κ2) is 10.5. The molecule has 36 heavy (non-hydrogen) atoms. The van der Waals surface area contributed by atoms with E-state index in [1.165, 1.54) is 0 Å². The van der Waals surface area contributed by atoms with Gasteiger partial charge in [-0.2, -0.15) is 0 Å². The van der Waals surface area contributed by atoms with Gasteiger partial charge in [-0.25, -0.2) is 18.1 Å². The van der Waals surface area contributed by atoms with E-state index in [0.717, 1.165) is 12.0 Å². The Morgan fingerprint density at radius 2 is 1.86 bits per heavy atom. The average Bonchev–Trinajstić information content (AvgIpc) is 3.14. The number of ketones is 1. The number of nitrogens with one attached hydrogen (secondary N) is 3. The number of guanidine groups is 1. The first-order chi connectivity index (χ1) is 16.8. The van der Waals surface area contributed by atoms with Crippen LogP contribution in [0.1, 0.15) is 38.7 Å². The second-order valence-electron chi connectivity index (χ2n) is 9.98. The van der Waals surface area contributed by atoms with Gasteiger partial charge < -0.3 is 27.2 Å². The van der Waals surface area contributed by atoms with Crippen molar-refractivity contribution in [3.05, 3.63) is 29.8 Å². The number of nitrogens with two attached hydrogens (primary N) is 2. The smallest absolute Gasteiger partial charge is 0.240 e. The Bertz CT molecular complexity index is 1150. The van der Waals surface area contributed by atoms with E-state index in [9.17, 15) is 27.9 Å². The van der Waals surface area contributed by atoms with Gasteiger partial charge in [-0.05, 0) is 41.9 Å². The molecule has 0 aliphatic heterocycles. The highest BCUT2D eigenvalue weighted by Crippen LogP contribution is 2.64. The molecule has 198 valence electrons. The lowest BCUT2D eigenvalue weighted by atomic mass is 9.70. The van der Waals surface area contributed by atoms with Crippen molar-refractivity contribution in [2.45, 2.75) is 45.7 Å². The molecule has 2 amide bonds. The van der Waals surface area contributed by atoms with Crippen LogP contribution in [0.3, 0.4) is 0 Å². The Labute approximate surface area is 210 Å². The molecule has 1 aromatic rings. The van der Waals surface area contributed by atoms with Gasteiger partial charge in [-0.1, -0.05) is 26.0 Å². The van der Waals surface area contributed by atoms with Crippen molar-refractivity contribution in [3.63, 3.8) is 0 Å². The molecule has 2 aliphatic rings. The standard InChI is InChI=1S/C23H34N6O6S/c1-22(2)15-7-8-23(22,18(31)9-15)13-36(34,35)29-17(12-30)20(33)27-11-19(32)26-10-14-3-5-16(6-4-14)28-21(24)25/h3-6,15,17,29-30H,7-13H2,1-2H3,(H,26,32)(H,27,33)(H4,24,25,28). The van der Waals surface area contributed by atoms with Crippen LogP contribution in [0.15, 0.2) is 29.3 Å². The summed E-state index contributed by atoms with van der Waals surface area (Å²) in [6.45, 7) is 2.79. The van der Waals surface area contributed by atoms with Gasteiger partial charge in [-0.15, -0.1) is 0 Å². The van der Waals surface area contributed by atoms with Gasteiger partial charge in [0, 0.05) is 18.4 Å². The molecule has 2 fully saturated rings. The summed E-state index contributed by atoms with van der Waals surface area (Å²) in [6.07, 6.45) is 1.63. The molecule has 8 N–H and O–H groups in total. The Balaban J connectivity index is 1.50. The van der Waals surface area contributed by atoms with E-state index in [1.807, 2.05) is 13.8 Å². The number of aliphatic imine (C=N–C) groups is 1. The summed E-state index contributed by atoms with van der Waals surface area (Å²) in [5, 5.41) is 14.6. The average molecular weight is 523 g/mol. The summed E-state index contributed by atoms with van der Waals surface area (Å²) in [7, 11) is -4.08. The highest BCUT2D eigenvalue weighted by atomic mass is 32.2. The number of fused-ring (bicyclic) bond motifs is 2. The summed E-state index contributed by atoms with van der Waals surface area (Å²) in [5.74, 6) is -1.79. The summed E-state index contributed by atoms with van der Waals surface area (Å²) in [6, 6.07) is 5.30. The molecule has 2 aliphatic carbocycles. The SMILES string of the molecule is CC1(C)C2CCC1(CS(=O)(=O)NC(CO)C(=O)NCC(=O)NCc1ccc(N=C(N)N)cc1)C(=O)C2. The van der Waals surface area contributed by atoms with E-state index in [0.29, 0.717) is 18.5 Å². The number of hydrogen-bond donors (Lipinski definition) is 6. The molecule has 2 bridgehead atoms. The number of carbonyl (C=O) groups excluding carboxylic acids is 3. The van der Waals surface area contributed by atoms with Crippen LogP contribution in [0.4, 0.5) is 5.69 Å². The first-order valence-electron chi connectivity index (χ1n) is 11.7. The van der Waals surface area contributed by atoms with Crippen molar-refractivity contribution in [2.24, 2.45) is 33.2 Å². The lowest BCUT2D eigenvalue weighted by Crippen LogP contribution is -2.53. The van der Waals surface area contributed by atoms with E-state index in [4.69, 9.17) is 11.5 Å². The van der Waals surface area contributed by atoms with Gasteiger partial charge in [0.05, 0.1) is 24.6 Å². The van der Waals surface area contributed by atoms with E-state index >= 15 is 0 Å². The molecule has 3 rings (SSSR count).